The number of ether oxygens (including phenoxy) is 1. The fourth-order valence-electron chi connectivity index (χ4n) is 6.14. The molecule has 2 heterocycles. The Balaban J connectivity index is 1.35. The third kappa shape index (κ3) is 3.33. The van der Waals surface area contributed by atoms with E-state index in [0.717, 1.165) is 23.5 Å². The minimum Gasteiger partial charge on any atom is -0.389 e. The summed E-state index contributed by atoms with van der Waals surface area (Å²) >= 11 is 1.88. The maximum atomic E-state index is 12.9. The fraction of sp³-hybridized carbons (Fsp3) is 0.583. The lowest BCUT2D eigenvalue weighted by atomic mass is 9.68. The summed E-state index contributed by atoms with van der Waals surface area (Å²) in [5.74, 6) is 3.09. The van der Waals surface area contributed by atoms with Gasteiger partial charge in [-0.25, -0.2) is 4.79 Å². The molecule has 0 saturated heterocycles. The van der Waals surface area contributed by atoms with Gasteiger partial charge in [-0.2, -0.15) is 11.8 Å². The van der Waals surface area contributed by atoms with Gasteiger partial charge in [-0.15, -0.1) is 5.10 Å². The molecule has 1 N–H and O–H groups in total. The van der Waals surface area contributed by atoms with Crippen molar-refractivity contribution in [3.8, 4) is 5.88 Å². The van der Waals surface area contributed by atoms with Gasteiger partial charge in [-0.1, -0.05) is 51.1 Å². The van der Waals surface area contributed by atoms with Gasteiger partial charge < -0.3 is 10.1 Å². The predicted molar refractivity (Wildman–Crippen MR) is 120 cm³/mol. The summed E-state index contributed by atoms with van der Waals surface area (Å²) in [5.41, 5.74) is 3.76. The number of nitrogens with zero attached hydrogens (tertiary/aromatic N) is 2. The van der Waals surface area contributed by atoms with E-state index in [1.165, 1.54) is 30.5 Å². The third-order valence-electron chi connectivity index (χ3n) is 7.76. The molecule has 160 valence electrons. The maximum Gasteiger partial charge on any atom is 0.414 e. The summed E-state index contributed by atoms with van der Waals surface area (Å²) in [6.07, 6.45) is 4.25. The van der Waals surface area contributed by atoms with Crippen molar-refractivity contribution in [1.82, 2.24) is 15.1 Å². The average Bonchev–Trinajstić information content (AvgIpc) is 3.34. The summed E-state index contributed by atoms with van der Waals surface area (Å²) in [6.45, 7) is 7.61. The van der Waals surface area contributed by atoms with Crippen LogP contribution in [-0.4, -0.2) is 27.7 Å². The first-order valence-corrected chi connectivity index (χ1v) is 12.2. The van der Waals surface area contributed by atoms with Gasteiger partial charge in [0.25, 0.3) is 0 Å². The monoisotopic (exact) mass is 425 g/mol. The number of hydrogen-bond donors (Lipinski definition) is 1. The molecule has 3 atom stereocenters. The molecule has 1 aromatic carbocycles. The lowest BCUT2D eigenvalue weighted by Gasteiger charge is -2.42. The molecule has 5 rings (SSSR count). The first-order valence-electron chi connectivity index (χ1n) is 11.1. The highest BCUT2D eigenvalue weighted by Gasteiger charge is 2.59. The Bertz CT molecular complexity index is 950. The van der Waals surface area contributed by atoms with E-state index in [1.807, 2.05) is 34.6 Å². The SMILES string of the molecule is CC12CCC(C1)C(C)(C)C2NC(=O)Oc1nn(Cc2ccccc2)c2c1CSCC2. The smallest absolute Gasteiger partial charge is 0.389 e. The van der Waals surface area contributed by atoms with Gasteiger partial charge in [0.2, 0.25) is 5.88 Å². The summed E-state index contributed by atoms with van der Waals surface area (Å²) < 4.78 is 7.87. The number of thioether (sulfide) groups is 1. The minimum atomic E-state index is -0.357. The van der Waals surface area contributed by atoms with E-state index in [4.69, 9.17) is 9.84 Å². The van der Waals surface area contributed by atoms with Gasteiger partial charge in [-0.05, 0) is 53.7 Å². The molecule has 1 aromatic heterocycles. The van der Waals surface area contributed by atoms with E-state index >= 15 is 0 Å². The number of hydrogen-bond acceptors (Lipinski definition) is 4. The highest BCUT2D eigenvalue weighted by Crippen LogP contribution is 2.62. The van der Waals surface area contributed by atoms with Crippen LogP contribution in [-0.2, 0) is 18.7 Å². The molecule has 2 aromatic rings. The van der Waals surface area contributed by atoms with E-state index < -0.39 is 0 Å². The summed E-state index contributed by atoms with van der Waals surface area (Å²) in [7, 11) is 0. The largest absolute Gasteiger partial charge is 0.414 e. The van der Waals surface area contributed by atoms with Crippen molar-refractivity contribution < 1.29 is 9.53 Å². The zero-order valence-corrected chi connectivity index (χ0v) is 18.9. The second-order valence-corrected chi connectivity index (χ2v) is 11.2. The molecule has 3 unspecified atom stereocenters. The van der Waals surface area contributed by atoms with Crippen LogP contribution in [0.4, 0.5) is 4.79 Å². The number of fused-ring (bicyclic) bond motifs is 3. The first-order chi connectivity index (χ1) is 14.4. The number of carbonyl (C=O) groups is 1. The summed E-state index contributed by atoms with van der Waals surface area (Å²) in [6, 6.07) is 10.5. The number of carbonyl (C=O) groups excluding carboxylic acids is 1. The number of amides is 1. The van der Waals surface area contributed by atoms with E-state index in [9.17, 15) is 4.79 Å². The van der Waals surface area contributed by atoms with E-state index in [-0.39, 0.29) is 23.0 Å². The van der Waals surface area contributed by atoms with Crippen molar-refractivity contribution >= 4 is 17.9 Å². The van der Waals surface area contributed by atoms with Crippen LogP contribution >= 0.6 is 11.8 Å². The van der Waals surface area contributed by atoms with Crippen molar-refractivity contribution in [3.63, 3.8) is 0 Å². The maximum absolute atomic E-state index is 12.9. The van der Waals surface area contributed by atoms with Crippen molar-refractivity contribution in [3.05, 3.63) is 47.2 Å². The molecule has 1 aliphatic heterocycles. The predicted octanol–water partition coefficient (Wildman–Crippen LogP) is 5.02. The van der Waals surface area contributed by atoms with E-state index in [1.54, 1.807) is 0 Å². The average molecular weight is 426 g/mol. The molecular formula is C24H31N3O2S. The Morgan fingerprint density at radius 1 is 1.30 bits per heavy atom. The molecule has 1 amide bonds. The summed E-state index contributed by atoms with van der Waals surface area (Å²) in [4.78, 5) is 12.9. The molecule has 2 bridgehead atoms. The Morgan fingerprint density at radius 2 is 2.10 bits per heavy atom. The normalized spacial score (nSPS) is 28.9. The number of rotatable bonds is 4. The zero-order valence-electron chi connectivity index (χ0n) is 18.1. The fourth-order valence-corrected chi connectivity index (χ4v) is 7.12. The van der Waals surface area contributed by atoms with Crippen LogP contribution in [0.1, 0.15) is 56.9 Å². The molecule has 0 spiro atoms. The Kier molecular flexibility index (Phi) is 4.88. The topological polar surface area (TPSA) is 56.1 Å². The molecule has 2 saturated carbocycles. The van der Waals surface area contributed by atoms with Gasteiger partial charge in [0.1, 0.15) is 0 Å². The van der Waals surface area contributed by atoms with Gasteiger partial charge in [0.15, 0.2) is 0 Å². The van der Waals surface area contributed by atoms with Crippen molar-refractivity contribution in [2.75, 3.05) is 5.75 Å². The van der Waals surface area contributed by atoms with Gasteiger partial charge in [0, 0.05) is 23.1 Å². The molecule has 0 radical (unpaired) electrons. The highest BCUT2D eigenvalue weighted by molar-refractivity contribution is 7.98. The third-order valence-corrected chi connectivity index (χ3v) is 8.74. The van der Waals surface area contributed by atoms with Crippen LogP contribution < -0.4 is 10.1 Å². The van der Waals surface area contributed by atoms with Crippen LogP contribution in [0.15, 0.2) is 30.3 Å². The quantitative estimate of drug-likeness (QED) is 0.747. The Labute approximate surface area is 183 Å². The Hall–Kier alpha value is -1.95. The van der Waals surface area contributed by atoms with Crippen LogP contribution in [0.3, 0.4) is 0 Å². The second kappa shape index (κ2) is 7.33. The van der Waals surface area contributed by atoms with Crippen LogP contribution in [0.25, 0.3) is 0 Å². The van der Waals surface area contributed by atoms with E-state index in [2.05, 4.69) is 38.2 Å². The lowest BCUT2D eigenvalue weighted by Crippen LogP contribution is -2.53. The van der Waals surface area contributed by atoms with Crippen LogP contribution in [0.2, 0.25) is 0 Å². The second-order valence-electron chi connectivity index (χ2n) is 10.1. The molecule has 2 fully saturated rings. The number of benzene rings is 1. The molecular weight excluding hydrogens is 394 g/mol. The number of nitrogens with one attached hydrogen (secondary N) is 1. The van der Waals surface area contributed by atoms with Crippen molar-refractivity contribution in [2.45, 2.75) is 64.8 Å². The molecule has 2 aliphatic carbocycles. The van der Waals surface area contributed by atoms with Crippen molar-refractivity contribution in [1.29, 1.82) is 0 Å². The van der Waals surface area contributed by atoms with Crippen LogP contribution in [0.5, 0.6) is 5.88 Å². The van der Waals surface area contributed by atoms with Gasteiger partial charge in [-0.3, -0.25) is 4.68 Å². The zero-order chi connectivity index (χ0) is 20.9. The molecule has 3 aliphatic rings. The van der Waals surface area contributed by atoms with Crippen LogP contribution in [0, 0.1) is 16.7 Å². The standard InChI is InChI=1S/C24H31N3O2S/c1-23(2)17-9-11-24(3,13-17)21(23)25-22(28)29-20-18-15-30-12-10-19(18)27(26-20)14-16-7-5-4-6-8-16/h4-8,17,21H,9-15H2,1-3H3,(H,25,28). The van der Waals surface area contributed by atoms with Gasteiger partial charge in [0.05, 0.1) is 6.54 Å². The van der Waals surface area contributed by atoms with E-state index in [0.29, 0.717) is 18.3 Å². The highest BCUT2D eigenvalue weighted by atomic mass is 32.2. The molecule has 6 heteroatoms. The van der Waals surface area contributed by atoms with Crippen molar-refractivity contribution in [2.24, 2.45) is 16.7 Å². The first kappa shape index (κ1) is 20.0. The molecule has 30 heavy (non-hydrogen) atoms. The lowest BCUT2D eigenvalue weighted by molar-refractivity contribution is 0.103. The number of aromatic nitrogens is 2. The minimum absolute atomic E-state index is 0.105. The summed E-state index contributed by atoms with van der Waals surface area (Å²) in [5, 5.41) is 7.96. The molecule has 5 nitrogen and oxygen atoms in total. The Morgan fingerprint density at radius 3 is 2.83 bits per heavy atom. The van der Waals surface area contributed by atoms with Gasteiger partial charge >= 0.3 is 6.09 Å².